The van der Waals surface area contributed by atoms with Crippen LogP contribution in [0.1, 0.15) is 32.6 Å². The van der Waals surface area contributed by atoms with Gasteiger partial charge in [0, 0.05) is 32.0 Å². The van der Waals surface area contributed by atoms with E-state index in [0.29, 0.717) is 24.6 Å². The maximum atomic E-state index is 12.8. The van der Waals surface area contributed by atoms with Crippen molar-refractivity contribution < 1.29 is 4.79 Å². The van der Waals surface area contributed by atoms with E-state index in [4.69, 9.17) is 0 Å². The number of benzene rings is 2. The molecule has 0 spiro atoms. The molecule has 0 saturated carbocycles. The Balaban J connectivity index is 1.40. The van der Waals surface area contributed by atoms with Crippen LogP contribution in [-0.4, -0.2) is 27.3 Å². The molecule has 2 aromatic carbocycles. The molecule has 3 aromatic rings. The quantitative estimate of drug-likeness (QED) is 0.774. The zero-order valence-electron chi connectivity index (χ0n) is 15.4. The van der Waals surface area contributed by atoms with E-state index >= 15 is 0 Å². The van der Waals surface area contributed by atoms with Gasteiger partial charge < -0.3 is 10.2 Å². The van der Waals surface area contributed by atoms with Crippen LogP contribution < -0.4 is 5.32 Å². The van der Waals surface area contributed by atoms with Gasteiger partial charge in [-0.25, -0.2) is 9.97 Å². The Labute approximate surface area is 159 Å². The van der Waals surface area contributed by atoms with Crippen LogP contribution in [-0.2, 0) is 19.5 Å². The normalized spacial score (nSPS) is 13.1. The van der Waals surface area contributed by atoms with Crippen LogP contribution in [0, 0.1) is 6.92 Å². The van der Waals surface area contributed by atoms with Crippen molar-refractivity contribution in [2.24, 2.45) is 0 Å². The van der Waals surface area contributed by atoms with Crippen LogP contribution in [0.2, 0.25) is 0 Å². The van der Waals surface area contributed by atoms with Crippen LogP contribution in [0.3, 0.4) is 0 Å². The van der Waals surface area contributed by atoms with Crippen LogP contribution in [0.5, 0.6) is 0 Å². The summed E-state index contributed by atoms with van der Waals surface area (Å²) in [6.07, 6.45) is 4.10. The first-order valence-electron chi connectivity index (χ1n) is 9.17. The predicted octanol–water partition coefficient (Wildman–Crippen LogP) is 3.60. The minimum absolute atomic E-state index is 0.0186. The summed E-state index contributed by atoms with van der Waals surface area (Å²) in [7, 11) is 0. The van der Waals surface area contributed by atoms with Crippen molar-refractivity contribution in [1.82, 2.24) is 14.9 Å². The number of carbonyl (C=O) groups excluding carboxylic acids is 1. The summed E-state index contributed by atoms with van der Waals surface area (Å²) in [6, 6.07) is 16.5. The van der Waals surface area contributed by atoms with Gasteiger partial charge in [0.1, 0.15) is 0 Å². The van der Waals surface area contributed by atoms with Gasteiger partial charge in [-0.3, -0.25) is 4.79 Å². The fraction of sp³-hybridized carbons (Fsp3) is 0.227. The molecule has 4 rings (SSSR count). The Hall–Kier alpha value is -3.21. The van der Waals surface area contributed by atoms with Crippen LogP contribution in [0.4, 0.5) is 5.95 Å². The number of rotatable bonds is 4. The molecule has 1 aliphatic rings. The van der Waals surface area contributed by atoms with Gasteiger partial charge in [0.2, 0.25) is 5.95 Å². The minimum Gasteiger partial charge on any atom is -0.350 e. The molecule has 0 atom stereocenters. The second kappa shape index (κ2) is 7.58. The summed E-state index contributed by atoms with van der Waals surface area (Å²) >= 11 is 0. The molecule has 5 heteroatoms. The van der Waals surface area contributed by atoms with E-state index in [9.17, 15) is 4.79 Å². The molecule has 0 saturated heterocycles. The summed E-state index contributed by atoms with van der Waals surface area (Å²) in [5.41, 5.74) is 5.49. The molecule has 1 aromatic heterocycles. The molecule has 2 heterocycles. The number of hydrogen-bond donors (Lipinski definition) is 1. The topological polar surface area (TPSA) is 58.1 Å². The number of carbonyl (C=O) groups is 1. The van der Waals surface area contributed by atoms with E-state index < -0.39 is 0 Å². The second-order valence-electron chi connectivity index (χ2n) is 6.82. The summed E-state index contributed by atoms with van der Waals surface area (Å²) in [4.78, 5) is 23.3. The number of nitrogens with one attached hydrogen (secondary N) is 1. The molecular formula is C22H22N4O. The third-order valence-corrected chi connectivity index (χ3v) is 5.01. The first-order valence-corrected chi connectivity index (χ1v) is 9.17. The number of amides is 1. The zero-order valence-corrected chi connectivity index (χ0v) is 15.4. The lowest BCUT2D eigenvalue weighted by Crippen LogP contribution is -2.36. The molecule has 0 radical (unpaired) electrons. The number of fused-ring (bicyclic) bond motifs is 1. The third-order valence-electron chi connectivity index (χ3n) is 5.01. The van der Waals surface area contributed by atoms with Crippen LogP contribution in [0.25, 0.3) is 0 Å². The van der Waals surface area contributed by atoms with E-state index in [0.717, 1.165) is 13.0 Å². The summed E-state index contributed by atoms with van der Waals surface area (Å²) < 4.78 is 0. The molecular weight excluding hydrogens is 336 g/mol. The SMILES string of the molecule is Cc1ccccc1CNc1ncc(C(=O)N2CCc3ccccc3C2)cn1. The van der Waals surface area contributed by atoms with Gasteiger partial charge in [-0.15, -0.1) is 0 Å². The summed E-state index contributed by atoms with van der Waals surface area (Å²) in [5.74, 6) is 0.508. The molecule has 1 amide bonds. The molecule has 0 unspecified atom stereocenters. The fourth-order valence-corrected chi connectivity index (χ4v) is 3.36. The van der Waals surface area contributed by atoms with Crippen molar-refractivity contribution in [3.8, 4) is 0 Å². The van der Waals surface area contributed by atoms with Gasteiger partial charge in [0.25, 0.3) is 5.91 Å². The molecule has 5 nitrogen and oxygen atoms in total. The summed E-state index contributed by atoms with van der Waals surface area (Å²) in [5, 5.41) is 3.21. The Morgan fingerprint density at radius 3 is 2.52 bits per heavy atom. The first kappa shape index (κ1) is 17.2. The van der Waals surface area contributed by atoms with E-state index in [2.05, 4.69) is 46.5 Å². The monoisotopic (exact) mass is 358 g/mol. The van der Waals surface area contributed by atoms with Gasteiger partial charge in [0.05, 0.1) is 5.56 Å². The number of nitrogens with zero attached hydrogens (tertiary/aromatic N) is 3. The molecule has 0 bridgehead atoms. The van der Waals surface area contributed by atoms with E-state index in [-0.39, 0.29) is 5.91 Å². The fourth-order valence-electron chi connectivity index (χ4n) is 3.36. The number of aromatic nitrogens is 2. The Kier molecular flexibility index (Phi) is 4.83. The number of hydrogen-bond acceptors (Lipinski definition) is 4. The lowest BCUT2D eigenvalue weighted by atomic mass is 9.99. The smallest absolute Gasteiger partial charge is 0.257 e. The average Bonchev–Trinajstić information content (AvgIpc) is 2.73. The lowest BCUT2D eigenvalue weighted by Gasteiger charge is -2.28. The molecule has 27 heavy (non-hydrogen) atoms. The Morgan fingerprint density at radius 2 is 1.74 bits per heavy atom. The van der Waals surface area contributed by atoms with Gasteiger partial charge >= 0.3 is 0 Å². The van der Waals surface area contributed by atoms with E-state index in [1.807, 2.05) is 29.2 Å². The van der Waals surface area contributed by atoms with Crippen molar-refractivity contribution in [3.63, 3.8) is 0 Å². The van der Waals surface area contributed by atoms with Gasteiger partial charge in [-0.05, 0) is 35.6 Å². The van der Waals surface area contributed by atoms with Gasteiger partial charge in [-0.2, -0.15) is 0 Å². The van der Waals surface area contributed by atoms with Crippen LogP contribution >= 0.6 is 0 Å². The maximum absolute atomic E-state index is 12.8. The standard InChI is InChI=1S/C22H22N4O/c1-16-6-2-3-8-18(16)12-23-22-24-13-20(14-25-22)21(27)26-11-10-17-7-4-5-9-19(17)15-26/h2-9,13-14H,10-12,15H2,1H3,(H,23,24,25). The number of anilines is 1. The van der Waals surface area contributed by atoms with E-state index in [1.54, 1.807) is 12.4 Å². The zero-order chi connectivity index (χ0) is 18.6. The maximum Gasteiger partial charge on any atom is 0.257 e. The molecule has 136 valence electrons. The van der Waals surface area contributed by atoms with Crippen molar-refractivity contribution in [2.75, 3.05) is 11.9 Å². The van der Waals surface area contributed by atoms with Crippen molar-refractivity contribution in [1.29, 1.82) is 0 Å². The third kappa shape index (κ3) is 3.82. The Bertz CT molecular complexity index is 953. The Morgan fingerprint density at radius 1 is 1.04 bits per heavy atom. The minimum atomic E-state index is -0.0186. The molecule has 0 fully saturated rings. The highest BCUT2D eigenvalue weighted by Crippen LogP contribution is 2.20. The number of aryl methyl sites for hydroxylation is 1. The van der Waals surface area contributed by atoms with Gasteiger partial charge in [-0.1, -0.05) is 48.5 Å². The second-order valence-corrected chi connectivity index (χ2v) is 6.82. The van der Waals surface area contributed by atoms with Crippen molar-refractivity contribution in [2.45, 2.75) is 26.4 Å². The molecule has 1 aliphatic heterocycles. The van der Waals surface area contributed by atoms with Gasteiger partial charge in [0.15, 0.2) is 0 Å². The largest absolute Gasteiger partial charge is 0.350 e. The molecule has 1 N–H and O–H groups in total. The highest BCUT2D eigenvalue weighted by molar-refractivity contribution is 5.93. The highest BCUT2D eigenvalue weighted by Gasteiger charge is 2.22. The average molecular weight is 358 g/mol. The lowest BCUT2D eigenvalue weighted by molar-refractivity contribution is 0.0734. The van der Waals surface area contributed by atoms with Crippen molar-refractivity contribution >= 4 is 11.9 Å². The van der Waals surface area contributed by atoms with E-state index in [1.165, 1.54) is 22.3 Å². The highest BCUT2D eigenvalue weighted by atomic mass is 16.2. The molecule has 0 aliphatic carbocycles. The predicted molar refractivity (Wildman–Crippen MR) is 105 cm³/mol. The first-order chi connectivity index (χ1) is 13.2. The van der Waals surface area contributed by atoms with Crippen molar-refractivity contribution in [3.05, 3.63) is 88.7 Å². The summed E-state index contributed by atoms with van der Waals surface area (Å²) in [6.45, 7) is 4.10. The van der Waals surface area contributed by atoms with Crippen LogP contribution in [0.15, 0.2) is 60.9 Å².